The third-order valence-electron chi connectivity index (χ3n) is 5.12. The Balaban J connectivity index is 1.75. The van der Waals surface area contributed by atoms with Gasteiger partial charge in [0.1, 0.15) is 5.82 Å². The number of hydrogen-bond donors (Lipinski definition) is 2. The molecule has 0 aliphatic carbocycles. The van der Waals surface area contributed by atoms with Gasteiger partial charge in [0, 0.05) is 24.8 Å². The molecule has 0 saturated carbocycles. The second-order valence-corrected chi connectivity index (χ2v) is 7.50. The highest BCUT2D eigenvalue weighted by Crippen LogP contribution is 2.18. The number of hydrogen-bond acceptors (Lipinski definition) is 8. The molecule has 3 aromatic rings. The Bertz CT molecular complexity index is 1430. The quantitative estimate of drug-likeness (QED) is 0.196. The van der Waals surface area contributed by atoms with Crippen molar-refractivity contribution < 1.29 is 19.2 Å². The van der Waals surface area contributed by atoms with E-state index in [0.29, 0.717) is 5.56 Å². The van der Waals surface area contributed by atoms with E-state index in [0.717, 1.165) is 21.1 Å². The zero-order valence-electron chi connectivity index (χ0n) is 19.2. The Morgan fingerprint density at radius 3 is 2.56 bits per heavy atom. The van der Waals surface area contributed by atoms with Crippen molar-refractivity contribution in [3.63, 3.8) is 0 Å². The van der Waals surface area contributed by atoms with Gasteiger partial charge in [-0.2, -0.15) is 0 Å². The molecule has 0 aliphatic rings. The first kappa shape index (κ1) is 25.6. The largest absolute Gasteiger partial charge is 0.452 e. The van der Waals surface area contributed by atoms with Gasteiger partial charge in [0.15, 0.2) is 12.3 Å². The molecule has 0 radical (unpaired) electrons. The van der Waals surface area contributed by atoms with Gasteiger partial charge in [-0.3, -0.25) is 29.3 Å². The van der Waals surface area contributed by atoms with Crippen molar-refractivity contribution in [3.8, 4) is 0 Å². The van der Waals surface area contributed by atoms with Crippen LogP contribution in [0.3, 0.4) is 0 Å². The van der Waals surface area contributed by atoms with E-state index in [1.165, 1.54) is 24.3 Å². The van der Waals surface area contributed by atoms with Gasteiger partial charge in [0.05, 0.1) is 11.5 Å². The fraction of sp³-hybridized carbons (Fsp3) is 0.167. The Hall–Kier alpha value is -5.00. The molecule has 36 heavy (non-hydrogen) atoms. The standard InChI is InChI=1S/C24H23N5O7/c1-2-27(19(30)15-36-20(31)12-11-16-9-6-10-18(13-16)29(34)35)21-22(25)28(24(33)26-23(21)32)14-17-7-4-3-5-8-17/h3-13H,2,14-15,25H2,1H3,(H,26,32,33). The average Bonchev–Trinajstić information content (AvgIpc) is 2.87. The molecule has 0 aliphatic heterocycles. The molecule has 3 N–H and O–H groups in total. The number of rotatable bonds is 9. The van der Waals surface area contributed by atoms with Crippen LogP contribution in [0.4, 0.5) is 17.2 Å². The number of H-pyrrole nitrogens is 1. The van der Waals surface area contributed by atoms with E-state index in [9.17, 15) is 29.3 Å². The molecule has 1 aromatic heterocycles. The van der Waals surface area contributed by atoms with Crippen LogP contribution in [-0.4, -0.2) is 39.5 Å². The van der Waals surface area contributed by atoms with Crippen LogP contribution < -0.4 is 21.9 Å². The third kappa shape index (κ3) is 6.11. The Morgan fingerprint density at radius 1 is 1.17 bits per heavy atom. The number of nitrogens with one attached hydrogen (secondary N) is 1. The molecule has 12 nitrogen and oxygen atoms in total. The molecular weight excluding hydrogens is 470 g/mol. The lowest BCUT2D eigenvalue weighted by atomic mass is 10.2. The van der Waals surface area contributed by atoms with Gasteiger partial charge in [-0.25, -0.2) is 9.59 Å². The van der Waals surface area contributed by atoms with Crippen LogP contribution in [0.1, 0.15) is 18.1 Å². The lowest BCUT2D eigenvalue weighted by Gasteiger charge is -2.23. The minimum atomic E-state index is -0.873. The predicted molar refractivity (Wildman–Crippen MR) is 132 cm³/mol. The van der Waals surface area contributed by atoms with Crippen LogP contribution in [0.2, 0.25) is 0 Å². The zero-order chi connectivity index (χ0) is 26.2. The summed E-state index contributed by atoms with van der Waals surface area (Å²) in [4.78, 5) is 63.2. The van der Waals surface area contributed by atoms with E-state index in [4.69, 9.17) is 10.5 Å². The first-order valence-corrected chi connectivity index (χ1v) is 10.8. The molecule has 1 amide bonds. The first-order chi connectivity index (χ1) is 17.2. The maximum absolute atomic E-state index is 12.8. The van der Waals surface area contributed by atoms with Gasteiger partial charge < -0.3 is 15.4 Å². The summed E-state index contributed by atoms with van der Waals surface area (Å²) in [5, 5.41) is 10.9. The van der Waals surface area contributed by atoms with Crippen LogP contribution in [0.15, 0.2) is 70.3 Å². The SMILES string of the molecule is CCN(C(=O)COC(=O)C=Cc1cccc([N+](=O)[O-])c1)c1c(N)n(Cc2ccccc2)c(=O)[nH]c1=O. The summed E-state index contributed by atoms with van der Waals surface area (Å²) in [6.45, 7) is 0.964. The molecule has 1 heterocycles. The molecule has 0 atom stereocenters. The summed E-state index contributed by atoms with van der Waals surface area (Å²) >= 11 is 0. The number of aromatic amines is 1. The third-order valence-corrected chi connectivity index (χ3v) is 5.12. The van der Waals surface area contributed by atoms with Crippen LogP contribution in [-0.2, 0) is 20.9 Å². The van der Waals surface area contributed by atoms with Crippen LogP contribution >= 0.6 is 0 Å². The predicted octanol–water partition coefficient (Wildman–Crippen LogP) is 1.68. The number of nitrogen functional groups attached to an aromatic ring is 1. The van der Waals surface area contributed by atoms with E-state index < -0.39 is 34.7 Å². The van der Waals surface area contributed by atoms with E-state index in [2.05, 4.69) is 4.98 Å². The monoisotopic (exact) mass is 493 g/mol. The molecule has 2 aromatic carbocycles. The highest BCUT2D eigenvalue weighted by atomic mass is 16.6. The topological polar surface area (TPSA) is 171 Å². The van der Waals surface area contributed by atoms with Crippen molar-refractivity contribution >= 4 is 35.1 Å². The normalized spacial score (nSPS) is 10.8. The number of carbonyl (C=O) groups is 2. The lowest BCUT2D eigenvalue weighted by molar-refractivity contribution is -0.384. The second kappa shape index (κ2) is 11.4. The Labute approximate surface area is 204 Å². The summed E-state index contributed by atoms with van der Waals surface area (Å²) in [6, 6.07) is 14.5. The number of amides is 1. The maximum Gasteiger partial charge on any atom is 0.331 e. The number of benzene rings is 2. The van der Waals surface area contributed by atoms with Gasteiger partial charge >= 0.3 is 11.7 Å². The van der Waals surface area contributed by atoms with Crippen LogP contribution in [0.25, 0.3) is 6.08 Å². The molecule has 0 bridgehead atoms. The number of aromatic nitrogens is 2. The van der Waals surface area contributed by atoms with Gasteiger partial charge in [-0.05, 0) is 24.1 Å². The van der Waals surface area contributed by atoms with Crippen molar-refractivity contribution in [1.29, 1.82) is 0 Å². The molecule has 186 valence electrons. The van der Waals surface area contributed by atoms with Gasteiger partial charge in [0.2, 0.25) is 0 Å². The zero-order valence-corrected chi connectivity index (χ0v) is 19.2. The lowest BCUT2D eigenvalue weighted by Crippen LogP contribution is -2.42. The summed E-state index contributed by atoms with van der Waals surface area (Å²) in [7, 11) is 0. The average molecular weight is 493 g/mol. The number of non-ortho nitro benzene ring substituents is 1. The molecule has 0 fully saturated rings. The number of nitro benzene ring substituents is 1. The fourth-order valence-electron chi connectivity index (χ4n) is 3.39. The number of nitrogens with zero attached hydrogens (tertiary/aromatic N) is 3. The number of anilines is 2. The van der Waals surface area contributed by atoms with Gasteiger partial charge in [-0.15, -0.1) is 0 Å². The summed E-state index contributed by atoms with van der Waals surface area (Å²) in [5.41, 5.74) is 5.31. The van der Waals surface area contributed by atoms with E-state index in [1.807, 2.05) is 6.07 Å². The van der Waals surface area contributed by atoms with Crippen molar-refractivity contribution in [3.05, 3.63) is 103 Å². The highest BCUT2D eigenvalue weighted by molar-refractivity contribution is 5.98. The van der Waals surface area contributed by atoms with Crippen LogP contribution in [0.5, 0.6) is 0 Å². The number of nitrogens with two attached hydrogens (primary N) is 1. The number of esters is 1. The molecule has 12 heteroatoms. The van der Waals surface area contributed by atoms with Crippen molar-refractivity contribution in [1.82, 2.24) is 9.55 Å². The highest BCUT2D eigenvalue weighted by Gasteiger charge is 2.24. The van der Waals surface area contributed by atoms with Gasteiger partial charge in [0.25, 0.3) is 17.2 Å². The summed E-state index contributed by atoms with van der Waals surface area (Å²) in [5.74, 6) is -1.82. The Kier molecular flexibility index (Phi) is 8.13. The number of nitro groups is 1. The van der Waals surface area contributed by atoms with Crippen molar-refractivity contribution in [2.45, 2.75) is 13.5 Å². The number of ether oxygens (including phenoxy) is 1. The molecule has 3 rings (SSSR count). The maximum atomic E-state index is 12.8. The summed E-state index contributed by atoms with van der Waals surface area (Å²) in [6.07, 6.45) is 2.32. The minimum Gasteiger partial charge on any atom is -0.452 e. The van der Waals surface area contributed by atoms with E-state index >= 15 is 0 Å². The van der Waals surface area contributed by atoms with Crippen molar-refractivity contribution in [2.75, 3.05) is 23.8 Å². The van der Waals surface area contributed by atoms with Crippen LogP contribution in [0, 0.1) is 10.1 Å². The second-order valence-electron chi connectivity index (χ2n) is 7.50. The Morgan fingerprint density at radius 2 is 1.89 bits per heavy atom. The molecular formula is C24H23N5O7. The molecule has 0 spiro atoms. The fourth-order valence-corrected chi connectivity index (χ4v) is 3.39. The van der Waals surface area contributed by atoms with Crippen molar-refractivity contribution in [2.24, 2.45) is 0 Å². The molecule has 0 unspecified atom stereocenters. The molecule has 0 saturated heterocycles. The van der Waals surface area contributed by atoms with E-state index in [1.54, 1.807) is 37.3 Å². The minimum absolute atomic E-state index is 0.0106. The van der Waals surface area contributed by atoms with E-state index in [-0.39, 0.29) is 30.3 Å². The van der Waals surface area contributed by atoms with Gasteiger partial charge in [-0.1, -0.05) is 42.5 Å². The number of likely N-dealkylation sites (N-methyl/N-ethyl adjacent to an activating group) is 1. The summed E-state index contributed by atoms with van der Waals surface area (Å²) < 4.78 is 6.10. The first-order valence-electron chi connectivity index (χ1n) is 10.8. The number of carbonyl (C=O) groups excluding carboxylic acids is 2. The smallest absolute Gasteiger partial charge is 0.331 e.